The molecule has 0 amide bonds. The average Bonchev–Trinajstić information content (AvgIpc) is 2.52. The van der Waals surface area contributed by atoms with Gasteiger partial charge in [0.1, 0.15) is 0 Å². The van der Waals surface area contributed by atoms with Crippen molar-refractivity contribution in [1.82, 2.24) is 10.6 Å². The van der Waals surface area contributed by atoms with Crippen molar-refractivity contribution >= 4 is 0 Å². The zero-order valence-electron chi connectivity index (χ0n) is 9.44. The SMILES string of the molecule is CC1(C2CCCCCCC2)CNCN1. The fraction of sp³-hybridized carbons (Fsp3) is 1.00. The molecule has 2 N–H and O–H groups in total. The van der Waals surface area contributed by atoms with Crippen molar-refractivity contribution < 1.29 is 0 Å². The van der Waals surface area contributed by atoms with E-state index >= 15 is 0 Å². The van der Waals surface area contributed by atoms with Gasteiger partial charge in [-0.25, -0.2) is 0 Å². The Hall–Kier alpha value is -0.0800. The quantitative estimate of drug-likeness (QED) is 0.672. The van der Waals surface area contributed by atoms with Gasteiger partial charge in [-0.2, -0.15) is 0 Å². The van der Waals surface area contributed by atoms with Crippen LogP contribution in [0.2, 0.25) is 0 Å². The van der Waals surface area contributed by atoms with Crippen LogP contribution in [0.3, 0.4) is 0 Å². The van der Waals surface area contributed by atoms with E-state index in [0.29, 0.717) is 5.54 Å². The second-order valence-electron chi connectivity index (χ2n) is 5.24. The van der Waals surface area contributed by atoms with Crippen molar-refractivity contribution in [3.8, 4) is 0 Å². The molecule has 1 aliphatic heterocycles. The molecule has 2 aliphatic rings. The minimum atomic E-state index is 0.386. The Morgan fingerprint density at radius 2 is 1.64 bits per heavy atom. The van der Waals surface area contributed by atoms with E-state index in [1.54, 1.807) is 0 Å². The maximum Gasteiger partial charge on any atom is 0.0459 e. The lowest BCUT2D eigenvalue weighted by Crippen LogP contribution is -2.46. The minimum Gasteiger partial charge on any atom is -0.303 e. The molecule has 82 valence electrons. The molecule has 1 saturated heterocycles. The number of hydrogen-bond donors (Lipinski definition) is 2. The van der Waals surface area contributed by atoms with Crippen LogP contribution < -0.4 is 10.6 Å². The predicted molar refractivity (Wildman–Crippen MR) is 60.2 cm³/mol. The Morgan fingerprint density at radius 3 is 2.21 bits per heavy atom. The summed E-state index contributed by atoms with van der Waals surface area (Å²) in [5.74, 6) is 0.901. The summed E-state index contributed by atoms with van der Waals surface area (Å²) in [6.45, 7) is 4.57. The van der Waals surface area contributed by atoms with Crippen molar-refractivity contribution in [2.75, 3.05) is 13.2 Å². The zero-order valence-corrected chi connectivity index (χ0v) is 9.44. The summed E-state index contributed by atoms with van der Waals surface area (Å²) in [4.78, 5) is 0. The van der Waals surface area contributed by atoms with Crippen LogP contribution in [0.4, 0.5) is 0 Å². The third-order valence-corrected chi connectivity index (χ3v) is 4.12. The van der Waals surface area contributed by atoms with Gasteiger partial charge in [-0.05, 0) is 25.7 Å². The fourth-order valence-corrected chi connectivity index (χ4v) is 3.03. The first-order chi connectivity index (χ1) is 6.81. The summed E-state index contributed by atoms with van der Waals surface area (Å²) in [5.41, 5.74) is 0.386. The van der Waals surface area contributed by atoms with Crippen LogP contribution in [-0.4, -0.2) is 18.8 Å². The van der Waals surface area contributed by atoms with E-state index in [1.807, 2.05) is 0 Å². The number of rotatable bonds is 1. The second kappa shape index (κ2) is 4.63. The highest BCUT2D eigenvalue weighted by atomic mass is 15.2. The van der Waals surface area contributed by atoms with E-state index in [-0.39, 0.29) is 0 Å². The Balaban J connectivity index is 1.92. The van der Waals surface area contributed by atoms with E-state index in [4.69, 9.17) is 0 Å². The topological polar surface area (TPSA) is 24.1 Å². The summed E-state index contributed by atoms with van der Waals surface area (Å²) in [7, 11) is 0. The first kappa shape index (κ1) is 10.4. The van der Waals surface area contributed by atoms with Gasteiger partial charge in [-0.15, -0.1) is 0 Å². The molecule has 1 unspecified atom stereocenters. The molecule has 14 heavy (non-hydrogen) atoms. The molecule has 2 heteroatoms. The maximum atomic E-state index is 3.64. The normalized spacial score (nSPS) is 36.6. The molecular weight excluding hydrogens is 172 g/mol. The van der Waals surface area contributed by atoms with Crippen LogP contribution in [0.5, 0.6) is 0 Å². The number of nitrogens with one attached hydrogen (secondary N) is 2. The van der Waals surface area contributed by atoms with Gasteiger partial charge < -0.3 is 5.32 Å². The third kappa shape index (κ3) is 2.29. The second-order valence-corrected chi connectivity index (χ2v) is 5.24. The maximum absolute atomic E-state index is 3.64. The molecular formula is C12H24N2. The Labute approximate surface area is 87.8 Å². The van der Waals surface area contributed by atoms with E-state index in [1.165, 1.54) is 44.9 Å². The summed E-state index contributed by atoms with van der Waals surface area (Å²) < 4.78 is 0. The van der Waals surface area contributed by atoms with Gasteiger partial charge in [0.2, 0.25) is 0 Å². The molecule has 1 heterocycles. The summed E-state index contributed by atoms with van der Waals surface area (Å²) in [5, 5.41) is 7.07. The molecule has 2 rings (SSSR count). The van der Waals surface area contributed by atoms with Gasteiger partial charge >= 0.3 is 0 Å². The zero-order chi connectivity index (χ0) is 9.86. The molecule has 2 fully saturated rings. The highest BCUT2D eigenvalue weighted by molar-refractivity contribution is 4.96. The van der Waals surface area contributed by atoms with Crippen molar-refractivity contribution in [1.29, 1.82) is 0 Å². The molecule has 0 radical (unpaired) electrons. The van der Waals surface area contributed by atoms with E-state index in [2.05, 4.69) is 17.6 Å². The van der Waals surface area contributed by atoms with Crippen molar-refractivity contribution in [3.05, 3.63) is 0 Å². The average molecular weight is 196 g/mol. The molecule has 0 aromatic rings. The van der Waals surface area contributed by atoms with Crippen LogP contribution in [0.1, 0.15) is 51.9 Å². The largest absolute Gasteiger partial charge is 0.303 e. The Bertz CT molecular complexity index is 165. The van der Waals surface area contributed by atoms with Crippen LogP contribution in [0, 0.1) is 5.92 Å². The van der Waals surface area contributed by atoms with Gasteiger partial charge in [-0.1, -0.05) is 32.1 Å². The van der Waals surface area contributed by atoms with Gasteiger partial charge in [-0.3, -0.25) is 5.32 Å². The van der Waals surface area contributed by atoms with Gasteiger partial charge in [0, 0.05) is 18.8 Å². The van der Waals surface area contributed by atoms with Crippen LogP contribution in [0.25, 0.3) is 0 Å². The fourth-order valence-electron chi connectivity index (χ4n) is 3.03. The summed E-state index contributed by atoms with van der Waals surface area (Å²) in [6.07, 6.45) is 10.1. The smallest absolute Gasteiger partial charge is 0.0459 e. The molecule has 1 aliphatic carbocycles. The Morgan fingerprint density at radius 1 is 1.00 bits per heavy atom. The molecule has 0 bridgehead atoms. The van der Waals surface area contributed by atoms with Gasteiger partial charge in [0.05, 0.1) is 0 Å². The Kier molecular flexibility index (Phi) is 3.45. The van der Waals surface area contributed by atoms with E-state index in [9.17, 15) is 0 Å². The van der Waals surface area contributed by atoms with E-state index in [0.717, 1.165) is 19.1 Å². The monoisotopic (exact) mass is 196 g/mol. The summed E-state index contributed by atoms with van der Waals surface area (Å²) >= 11 is 0. The van der Waals surface area contributed by atoms with Crippen molar-refractivity contribution in [3.63, 3.8) is 0 Å². The predicted octanol–water partition coefficient (Wildman–Crippen LogP) is 2.26. The number of hydrogen-bond acceptors (Lipinski definition) is 2. The molecule has 0 aromatic heterocycles. The van der Waals surface area contributed by atoms with E-state index < -0.39 is 0 Å². The lowest BCUT2D eigenvalue weighted by atomic mass is 9.78. The highest BCUT2D eigenvalue weighted by Gasteiger charge is 2.35. The van der Waals surface area contributed by atoms with Gasteiger partial charge in [0.15, 0.2) is 0 Å². The molecule has 1 atom stereocenters. The third-order valence-electron chi connectivity index (χ3n) is 4.12. The lowest BCUT2D eigenvalue weighted by molar-refractivity contribution is 0.225. The summed E-state index contributed by atoms with van der Waals surface area (Å²) in [6, 6.07) is 0. The van der Waals surface area contributed by atoms with Crippen LogP contribution in [-0.2, 0) is 0 Å². The van der Waals surface area contributed by atoms with Crippen molar-refractivity contribution in [2.24, 2.45) is 5.92 Å². The van der Waals surface area contributed by atoms with Crippen LogP contribution in [0.15, 0.2) is 0 Å². The molecule has 1 saturated carbocycles. The minimum absolute atomic E-state index is 0.386. The lowest BCUT2D eigenvalue weighted by Gasteiger charge is -2.35. The van der Waals surface area contributed by atoms with Crippen LogP contribution >= 0.6 is 0 Å². The highest BCUT2D eigenvalue weighted by Crippen LogP contribution is 2.31. The molecule has 0 aromatic carbocycles. The van der Waals surface area contributed by atoms with Crippen molar-refractivity contribution in [2.45, 2.75) is 57.4 Å². The molecule has 2 nitrogen and oxygen atoms in total. The first-order valence-corrected chi connectivity index (χ1v) is 6.27. The molecule has 0 spiro atoms. The first-order valence-electron chi connectivity index (χ1n) is 6.27. The van der Waals surface area contributed by atoms with Gasteiger partial charge in [0.25, 0.3) is 0 Å². The standard InChI is InChI=1S/C12H24N2/c1-12(9-13-10-14-12)11-7-5-3-2-4-6-8-11/h11,13-14H,2-10H2,1H3.